The lowest BCUT2D eigenvalue weighted by molar-refractivity contribution is -0.139. The SMILES string of the molecule is CC[C@@H](NC(=O)c1ccc(O)cc1F)C(=O)O. The minimum absolute atomic E-state index is 0.195. The van der Waals surface area contributed by atoms with Crippen LogP contribution in [0.5, 0.6) is 5.75 Å². The number of carboxylic acid groups (broad SMARTS) is 1. The Kier molecular flexibility index (Phi) is 4.03. The molecule has 1 atom stereocenters. The van der Waals surface area contributed by atoms with Gasteiger partial charge in [-0.05, 0) is 18.6 Å². The zero-order valence-corrected chi connectivity index (χ0v) is 9.11. The van der Waals surface area contributed by atoms with Gasteiger partial charge in [-0.15, -0.1) is 0 Å². The summed E-state index contributed by atoms with van der Waals surface area (Å²) in [6.07, 6.45) is 0.195. The average molecular weight is 241 g/mol. The number of aliphatic carboxylic acids is 1. The third-order valence-electron chi connectivity index (χ3n) is 2.21. The summed E-state index contributed by atoms with van der Waals surface area (Å²) in [6, 6.07) is 1.97. The van der Waals surface area contributed by atoms with Gasteiger partial charge in [-0.3, -0.25) is 4.79 Å². The Hall–Kier alpha value is -2.11. The van der Waals surface area contributed by atoms with E-state index in [0.717, 1.165) is 18.2 Å². The Morgan fingerprint density at radius 3 is 2.59 bits per heavy atom. The fourth-order valence-corrected chi connectivity index (χ4v) is 1.26. The van der Waals surface area contributed by atoms with Crippen LogP contribution in [-0.2, 0) is 4.79 Å². The Morgan fingerprint density at radius 1 is 1.47 bits per heavy atom. The highest BCUT2D eigenvalue weighted by Crippen LogP contribution is 2.15. The Labute approximate surface area is 96.9 Å². The van der Waals surface area contributed by atoms with Crippen molar-refractivity contribution in [2.24, 2.45) is 0 Å². The molecule has 0 spiro atoms. The van der Waals surface area contributed by atoms with Gasteiger partial charge in [0.05, 0.1) is 5.56 Å². The number of hydrogen-bond donors (Lipinski definition) is 3. The molecule has 0 unspecified atom stereocenters. The van der Waals surface area contributed by atoms with Crippen molar-refractivity contribution in [3.05, 3.63) is 29.6 Å². The monoisotopic (exact) mass is 241 g/mol. The molecule has 0 fully saturated rings. The summed E-state index contributed by atoms with van der Waals surface area (Å²) in [4.78, 5) is 22.2. The van der Waals surface area contributed by atoms with E-state index < -0.39 is 23.7 Å². The second kappa shape index (κ2) is 5.29. The minimum atomic E-state index is -1.18. The van der Waals surface area contributed by atoms with Crippen LogP contribution in [0.3, 0.4) is 0 Å². The molecule has 1 amide bonds. The van der Waals surface area contributed by atoms with Crippen molar-refractivity contribution in [2.75, 3.05) is 0 Å². The number of halogens is 1. The molecule has 3 N–H and O–H groups in total. The summed E-state index contributed by atoms with van der Waals surface area (Å²) in [5, 5.41) is 19.9. The summed E-state index contributed by atoms with van der Waals surface area (Å²) in [7, 11) is 0. The molecule has 0 saturated carbocycles. The van der Waals surface area contributed by atoms with Gasteiger partial charge in [-0.25, -0.2) is 9.18 Å². The van der Waals surface area contributed by atoms with Gasteiger partial charge in [0.2, 0.25) is 0 Å². The van der Waals surface area contributed by atoms with E-state index in [-0.39, 0.29) is 17.7 Å². The number of hydrogen-bond acceptors (Lipinski definition) is 3. The number of carbonyl (C=O) groups excluding carboxylic acids is 1. The van der Waals surface area contributed by atoms with Crippen LogP contribution in [0.1, 0.15) is 23.7 Å². The predicted octanol–water partition coefficient (Wildman–Crippen LogP) is 1.12. The second-order valence-corrected chi connectivity index (χ2v) is 3.44. The third-order valence-corrected chi connectivity index (χ3v) is 2.21. The zero-order valence-electron chi connectivity index (χ0n) is 9.11. The summed E-state index contributed by atoms with van der Waals surface area (Å²) in [5.41, 5.74) is -0.303. The molecule has 0 aromatic heterocycles. The van der Waals surface area contributed by atoms with Crippen LogP contribution < -0.4 is 5.32 Å². The zero-order chi connectivity index (χ0) is 13.0. The second-order valence-electron chi connectivity index (χ2n) is 3.44. The summed E-state index contributed by atoms with van der Waals surface area (Å²) < 4.78 is 13.3. The van der Waals surface area contributed by atoms with Crippen molar-refractivity contribution in [3.63, 3.8) is 0 Å². The standard InChI is InChI=1S/C11H12FNO4/c1-2-9(11(16)17)13-10(15)7-4-3-6(14)5-8(7)12/h3-5,9,14H,2H2,1H3,(H,13,15)(H,16,17)/t9-/m1/s1. The minimum Gasteiger partial charge on any atom is -0.508 e. The number of phenols is 1. The first-order valence-corrected chi connectivity index (χ1v) is 4.98. The van der Waals surface area contributed by atoms with E-state index in [1.54, 1.807) is 6.92 Å². The number of amides is 1. The molecule has 1 aromatic carbocycles. The van der Waals surface area contributed by atoms with Crippen LogP contribution in [0, 0.1) is 5.82 Å². The molecule has 0 aliphatic carbocycles. The molecule has 0 bridgehead atoms. The summed E-state index contributed by atoms with van der Waals surface area (Å²) in [5.74, 6) is -3.20. The number of nitrogens with one attached hydrogen (secondary N) is 1. The molecule has 1 rings (SSSR count). The molecular formula is C11H12FNO4. The normalized spacial score (nSPS) is 11.9. The van der Waals surface area contributed by atoms with E-state index >= 15 is 0 Å². The molecule has 0 aliphatic heterocycles. The quantitative estimate of drug-likeness (QED) is 0.737. The van der Waals surface area contributed by atoms with Crippen molar-refractivity contribution in [1.82, 2.24) is 5.32 Å². The lowest BCUT2D eigenvalue weighted by Gasteiger charge is -2.12. The van der Waals surface area contributed by atoms with Crippen LogP contribution in [0.4, 0.5) is 4.39 Å². The first kappa shape index (κ1) is 13.0. The lowest BCUT2D eigenvalue weighted by atomic mass is 10.1. The van der Waals surface area contributed by atoms with Gasteiger partial charge in [-0.2, -0.15) is 0 Å². The topological polar surface area (TPSA) is 86.6 Å². The number of carbonyl (C=O) groups is 2. The van der Waals surface area contributed by atoms with E-state index in [4.69, 9.17) is 10.2 Å². The van der Waals surface area contributed by atoms with Gasteiger partial charge in [0.25, 0.3) is 5.91 Å². The lowest BCUT2D eigenvalue weighted by Crippen LogP contribution is -2.40. The molecule has 0 saturated heterocycles. The highest BCUT2D eigenvalue weighted by molar-refractivity contribution is 5.96. The van der Waals surface area contributed by atoms with Crippen LogP contribution in [0.15, 0.2) is 18.2 Å². The van der Waals surface area contributed by atoms with Gasteiger partial charge in [-0.1, -0.05) is 6.92 Å². The summed E-state index contributed by atoms with van der Waals surface area (Å²) >= 11 is 0. The van der Waals surface area contributed by atoms with Crippen molar-refractivity contribution < 1.29 is 24.2 Å². The summed E-state index contributed by atoms with van der Waals surface area (Å²) in [6.45, 7) is 1.59. The first-order chi connectivity index (χ1) is 7.95. The van der Waals surface area contributed by atoms with E-state index in [1.165, 1.54) is 0 Å². The van der Waals surface area contributed by atoms with Gasteiger partial charge in [0, 0.05) is 6.07 Å². The number of rotatable bonds is 4. The maximum absolute atomic E-state index is 13.3. The van der Waals surface area contributed by atoms with Crippen LogP contribution in [0.25, 0.3) is 0 Å². The van der Waals surface area contributed by atoms with Gasteiger partial charge >= 0.3 is 5.97 Å². The molecule has 0 aliphatic rings. The van der Waals surface area contributed by atoms with Gasteiger partial charge in [0.15, 0.2) is 0 Å². The smallest absolute Gasteiger partial charge is 0.326 e. The number of carboxylic acids is 1. The van der Waals surface area contributed by atoms with E-state index in [0.29, 0.717) is 0 Å². The third kappa shape index (κ3) is 3.17. The van der Waals surface area contributed by atoms with Crippen LogP contribution in [-0.4, -0.2) is 28.1 Å². The van der Waals surface area contributed by atoms with Crippen LogP contribution >= 0.6 is 0 Å². The van der Waals surface area contributed by atoms with E-state index in [2.05, 4.69) is 5.32 Å². The molecule has 92 valence electrons. The van der Waals surface area contributed by atoms with E-state index in [1.807, 2.05) is 0 Å². The molecular weight excluding hydrogens is 229 g/mol. The molecule has 5 nitrogen and oxygen atoms in total. The number of phenolic OH excluding ortho intramolecular Hbond substituents is 1. The fourth-order valence-electron chi connectivity index (χ4n) is 1.26. The molecule has 6 heteroatoms. The Bertz CT molecular complexity index is 447. The maximum Gasteiger partial charge on any atom is 0.326 e. The predicted molar refractivity (Wildman–Crippen MR) is 57.2 cm³/mol. The highest BCUT2D eigenvalue weighted by atomic mass is 19.1. The molecule has 17 heavy (non-hydrogen) atoms. The number of aromatic hydroxyl groups is 1. The Balaban J connectivity index is 2.86. The molecule has 0 heterocycles. The van der Waals surface area contributed by atoms with Crippen molar-refractivity contribution >= 4 is 11.9 Å². The van der Waals surface area contributed by atoms with Crippen LogP contribution in [0.2, 0.25) is 0 Å². The van der Waals surface area contributed by atoms with E-state index in [9.17, 15) is 14.0 Å². The number of benzene rings is 1. The van der Waals surface area contributed by atoms with Crippen molar-refractivity contribution in [3.8, 4) is 5.75 Å². The average Bonchev–Trinajstić information content (AvgIpc) is 2.24. The molecule has 1 aromatic rings. The Morgan fingerprint density at radius 2 is 2.12 bits per heavy atom. The molecule has 0 radical (unpaired) electrons. The maximum atomic E-state index is 13.3. The first-order valence-electron chi connectivity index (χ1n) is 4.98. The fraction of sp³-hybridized carbons (Fsp3) is 0.273. The highest BCUT2D eigenvalue weighted by Gasteiger charge is 2.20. The van der Waals surface area contributed by atoms with Gasteiger partial charge in [0.1, 0.15) is 17.6 Å². The van der Waals surface area contributed by atoms with Crippen molar-refractivity contribution in [1.29, 1.82) is 0 Å². The largest absolute Gasteiger partial charge is 0.508 e. The van der Waals surface area contributed by atoms with Crippen molar-refractivity contribution in [2.45, 2.75) is 19.4 Å². The van der Waals surface area contributed by atoms with Gasteiger partial charge < -0.3 is 15.5 Å².